The van der Waals surface area contributed by atoms with Gasteiger partial charge in [0.05, 0.1) is 0 Å². The maximum atomic E-state index is 10.5. The Kier molecular flexibility index (Phi) is 2.87. The van der Waals surface area contributed by atoms with Crippen molar-refractivity contribution in [3.05, 3.63) is 101 Å². The van der Waals surface area contributed by atoms with Crippen LogP contribution in [-0.2, 0) is 18.3 Å². The lowest BCUT2D eigenvalue weighted by Crippen LogP contribution is -2.29. The molecule has 2 atom stereocenters. The fraction of sp³-hybridized carbons (Fsp3) is 0.217. The van der Waals surface area contributed by atoms with Crippen LogP contribution in [0, 0.1) is 0 Å². The van der Waals surface area contributed by atoms with E-state index in [1.807, 2.05) is 18.2 Å². The number of fused-ring (bicyclic) bond motifs is 4. The van der Waals surface area contributed by atoms with Gasteiger partial charge in [-0.05, 0) is 53.1 Å². The first-order chi connectivity index (χ1) is 11.8. The van der Waals surface area contributed by atoms with Crippen molar-refractivity contribution in [2.45, 2.75) is 30.6 Å². The summed E-state index contributed by atoms with van der Waals surface area (Å²) in [4.78, 5) is 0. The van der Waals surface area contributed by atoms with E-state index in [2.05, 4.69) is 54.6 Å². The van der Waals surface area contributed by atoms with Gasteiger partial charge in [-0.2, -0.15) is 0 Å². The van der Waals surface area contributed by atoms with Crippen LogP contribution in [0.3, 0.4) is 0 Å². The molecule has 3 aromatic rings. The molecule has 5 rings (SSSR count). The Morgan fingerprint density at radius 1 is 0.750 bits per heavy atom. The minimum absolute atomic E-state index is 0.00597. The van der Waals surface area contributed by atoms with Crippen molar-refractivity contribution in [1.29, 1.82) is 0 Å². The van der Waals surface area contributed by atoms with E-state index < -0.39 is 0 Å². The molecule has 0 amide bonds. The summed E-state index contributed by atoms with van der Waals surface area (Å²) in [6.45, 7) is 0. The van der Waals surface area contributed by atoms with Crippen molar-refractivity contribution in [2.75, 3.05) is 0 Å². The number of hydrogen-bond acceptors (Lipinski definition) is 1. The largest absolute Gasteiger partial charge is 0.508 e. The zero-order chi connectivity index (χ0) is 16.1. The van der Waals surface area contributed by atoms with Gasteiger partial charge in [-0.15, -0.1) is 0 Å². The molecule has 1 spiro atoms. The second-order valence-electron chi connectivity index (χ2n) is 7.10. The summed E-state index contributed by atoms with van der Waals surface area (Å²) in [6, 6.07) is 25.6. The predicted octanol–water partition coefficient (Wildman–Crippen LogP) is 4.96. The Morgan fingerprint density at radius 3 is 2.17 bits per heavy atom. The molecular formula is C23H20O. The number of phenolic OH excluding ortho intramolecular Hbond substituents is 1. The van der Waals surface area contributed by atoms with Crippen molar-refractivity contribution < 1.29 is 5.11 Å². The Labute approximate surface area is 142 Å². The van der Waals surface area contributed by atoms with Crippen molar-refractivity contribution >= 4 is 0 Å². The zero-order valence-electron chi connectivity index (χ0n) is 13.6. The van der Waals surface area contributed by atoms with Crippen LogP contribution in [-0.4, -0.2) is 5.11 Å². The molecule has 1 N–H and O–H groups in total. The van der Waals surface area contributed by atoms with E-state index in [0.29, 0.717) is 11.7 Å². The van der Waals surface area contributed by atoms with Crippen LogP contribution in [0.5, 0.6) is 5.75 Å². The third-order valence-corrected chi connectivity index (χ3v) is 6.12. The minimum Gasteiger partial charge on any atom is -0.508 e. The van der Waals surface area contributed by atoms with Gasteiger partial charge in [0.25, 0.3) is 0 Å². The molecule has 0 bridgehead atoms. The molecule has 0 fully saturated rings. The summed E-state index contributed by atoms with van der Waals surface area (Å²) in [5.41, 5.74) is 6.92. The van der Waals surface area contributed by atoms with Crippen LogP contribution in [0.25, 0.3) is 0 Å². The van der Waals surface area contributed by atoms with Crippen molar-refractivity contribution in [2.24, 2.45) is 0 Å². The third kappa shape index (κ3) is 1.70. The van der Waals surface area contributed by atoms with E-state index in [1.165, 1.54) is 22.3 Å². The number of aromatic hydroxyl groups is 1. The summed E-state index contributed by atoms with van der Waals surface area (Å²) in [7, 11) is 0. The average molecular weight is 312 g/mol. The molecule has 24 heavy (non-hydrogen) atoms. The minimum atomic E-state index is 0.00597. The number of benzene rings is 3. The lowest BCUT2D eigenvalue weighted by molar-refractivity contribution is 0.410. The van der Waals surface area contributed by atoms with Crippen LogP contribution in [0.1, 0.15) is 40.2 Å². The van der Waals surface area contributed by atoms with Gasteiger partial charge < -0.3 is 5.11 Å². The van der Waals surface area contributed by atoms with Crippen molar-refractivity contribution in [3.8, 4) is 5.75 Å². The van der Waals surface area contributed by atoms with Crippen molar-refractivity contribution in [3.63, 3.8) is 0 Å². The average Bonchev–Trinajstić information content (AvgIpc) is 3.17. The maximum Gasteiger partial charge on any atom is 0.119 e. The molecule has 1 nitrogen and oxygen atoms in total. The van der Waals surface area contributed by atoms with Crippen LogP contribution >= 0.6 is 0 Å². The summed E-state index contributed by atoms with van der Waals surface area (Å²) < 4.78 is 0. The van der Waals surface area contributed by atoms with Gasteiger partial charge in [0.2, 0.25) is 0 Å². The summed E-state index contributed by atoms with van der Waals surface area (Å²) in [6.07, 6.45) is 3.25. The summed E-state index contributed by atoms with van der Waals surface area (Å²) in [5.74, 6) is 0.735. The molecule has 0 saturated carbocycles. The van der Waals surface area contributed by atoms with Gasteiger partial charge in [0, 0.05) is 11.3 Å². The molecule has 2 unspecified atom stereocenters. The molecule has 3 aromatic carbocycles. The van der Waals surface area contributed by atoms with Crippen LogP contribution < -0.4 is 0 Å². The second kappa shape index (κ2) is 4.98. The highest BCUT2D eigenvalue weighted by molar-refractivity contribution is 5.59. The highest BCUT2D eigenvalue weighted by atomic mass is 16.3. The highest BCUT2D eigenvalue weighted by Gasteiger charge is 2.52. The molecular weight excluding hydrogens is 292 g/mol. The number of hydrogen-bond donors (Lipinski definition) is 1. The number of phenols is 1. The second-order valence-corrected chi connectivity index (χ2v) is 7.10. The third-order valence-electron chi connectivity index (χ3n) is 6.12. The van der Waals surface area contributed by atoms with E-state index >= 15 is 0 Å². The van der Waals surface area contributed by atoms with Gasteiger partial charge in [0.15, 0.2) is 0 Å². The molecule has 118 valence electrons. The van der Waals surface area contributed by atoms with E-state index in [1.54, 1.807) is 0 Å². The fourth-order valence-electron chi connectivity index (χ4n) is 5.15. The normalized spacial score (nSPS) is 24.1. The standard InChI is InChI=1S/C23H20O/c24-22-12-6-3-9-18(22)21-15-17-8-2-5-11-20(17)23(21)14-13-16-7-1-4-10-19(16)23/h1-12,21,24H,13-15H2. The Bertz CT molecular complexity index is 914. The first-order valence-corrected chi connectivity index (χ1v) is 8.75. The fourth-order valence-corrected chi connectivity index (χ4v) is 5.15. The van der Waals surface area contributed by atoms with E-state index in [-0.39, 0.29) is 5.41 Å². The predicted molar refractivity (Wildman–Crippen MR) is 96.5 cm³/mol. The molecule has 2 aliphatic rings. The lowest BCUT2D eigenvalue weighted by atomic mass is 9.68. The number of para-hydroxylation sites is 1. The summed E-state index contributed by atoms with van der Waals surface area (Å²) >= 11 is 0. The topological polar surface area (TPSA) is 20.2 Å². The van der Waals surface area contributed by atoms with Gasteiger partial charge >= 0.3 is 0 Å². The molecule has 0 heterocycles. The summed E-state index contributed by atoms with van der Waals surface area (Å²) in [5, 5.41) is 10.5. The van der Waals surface area contributed by atoms with Crippen molar-refractivity contribution in [1.82, 2.24) is 0 Å². The molecule has 1 heteroatoms. The Balaban J connectivity index is 1.80. The molecule has 0 aliphatic heterocycles. The molecule has 0 saturated heterocycles. The quantitative estimate of drug-likeness (QED) is 0.673. The number of rotatable bonds is 1. The van der Waals surface area contributed by atoms with E-state index in [4.69, 9.17) is 0 Å². The Morgan fingerprint density at radius 2 is 1.38 bits per heavy atom. The van der Waals surface area contributed by atoms with Gasteiger partial charge in [-0.25, -0.2) is 0 Å². The van der Waals surface area contributed by atoms with Crippen LogP contribution in [0.2, 0.25) is 0 Å². The SMILES string of the molecule is Oc1ccccc1C1Cc2ccccc2C12CCc1ccccc12. The van der Waals surface area contributed by atoms with Gasteiger partial charge in [-0.1, -0.05) is 66.7 Å². The van der Waals surface area contributed by atoms with Gasteiger partial charge in [0.1, 0.15) is 5.75 Å². The van der Waals surface area contributed by atoms with Crippen LogP contribution in [0.15, 0.2) is 72.8 Å². The first kappa shape index (κ1) is 13.9. The van der Waals surface area contributed by atoms with E-state index in [0.717, 1.165) is 24.8 Å². The number of aryl methyl sites for hydroxylation is 1. The Hall–Kier alpha value is -2.54. The lowest BCUT2D eigenvalue weighted by Gasteiger charge is -2.34. The van der Waals surface area contributed by atoms with Crippen LogP contribution in [0.4, 0.5) is 0 Å². The maximum absolute atomic E-state index is 10.5. The molecule has 0 radical (unpaired) electrons. The monoisotopic (exact) mass is 312 g/mol. The van der Waals surface area contributed by atoms with E-state index in [9.17, 15) is 5.11 Å². The molecule has 0 aromatic heterocycles. The smallest absolute Gasteiger partial charge is 0.119 e. The highest BCUT2D eigenvalue weighted by Crippen LogP contribution is 2.59. The molecule has 2 aliphatic carbocycles. The van der Waals surface area contributed by atoms with Gasteiger partial charge in [-0.3, -0.25) is 0 Å². The first-order valence-electron chi connectivity index (χ1n) is 8.75. The zero-order valence-corrected chi connectivity index (χ0v) is 13.6.